The lowest BCUT2D eigenvalue weighted by molar-refractivity contribution is -0.142. The van der Waals surface area contributed by atoms with E-state index in [0.29, 0.717) is 43.8 Å². The van der Waals surface area contributed by atoms with Crippen LogP contribution in [0.25, 0.3) is 10.8 Å². The molecule has 26 heavy (non-hydrogen) atoms. The Morgan fingerprint density at radius 2 is 1.58 bits per heavy atom. The first-order chi connectivity index (χ1) is 12.5. The second-order valence-corrected chi connectivity index (χ2v) is 6.58. The number of fused-ring (bicyclic) bond motifs is 1. The van der Waals surface area contributed by atoms with Crippen LogP contribution < -0.4 is 18.9 Å². The molecule has 1 saturated heterocycles. The molecule has 1 aliphatic heterocycles. The lowest BCUT2D eigenvalue weighted by Crippen LogP contribution is -2.14. The highest BCUT2D eigenvalue weighted by Gasteiger charge is 2.38. The van der Waals surface area contributed by atoms with Gasteiger partial charge in [0.05, 0.1) is 50.1 Å². The first-order valence-corrected chi connectivity index (χ1v) is 8.62. The fraction of sp³-hybridized carbons (Fsp3) is 0.389. The summed E-state index contributed by atoms with van der Waals surface area (Å²) in [6, 6.07) is 3.44. The number of rotatable bonds is 5. The summed E-state index contributed by atoms with van der Waals surface area (Å²) in [5.41, 5.74) is 0.498. The molecule has 140 valence electrons. The van der Waals surface area contributed by atoms with Gasteiger partial charge < -0.3 is 28.8 Å². The zero-order valence-corrected chi connectivity index (χ0v) is 16.4. The van der Waals surface area contributed by atoms with Crippen LogP contribution in [0.2, 0.25) is 0 Å². The van der Waals surface area contributed by atoms with Crippen LogP contribution in [0.5, 0.6) is 23.0 Å². The maximum Gasteiger partial charge on any atom is 0.309 e. The Labute approximate surface area is 158 Å². The van der Waals surface area contributed by atoms with Gasteiger partial charge in [0.2, 0.25) is 0 Å². The third-order valence-corrected chi connectivity index (χ3v) is 4.95. The van der Waals surface area contributed by atoms with Crippen molar-refractivity contribution in [3.8, 4) is 23.0 Å². The SMILES string of the molecule is COc1cc([C@H]2OC(=O)C[C@H]2O)c(OC)c2c(OC)cc(Br)c(OC)c12. The van der Waals surface area contributed by atoms with Crippen LogP contribution in [0.4, 0.5) is 0 Å². The van der Waals surface area contributed by atoms with Crippen molar-refractivity contribution < 1.29 is 33.6 Å². The number of carbonyl (C=O) groups excluding carboxylic acids is 1. The van der Waals surface area contributed by atoms with Gasteiger partial charge in [-0.1, -0.05) is 0 Å². The third kappa shape index (κ3) is 2.83. The van der Waals surface area contributed by atoms with Gasteiger partial charge in [-0.15, -0.1) is 0 Å². The van der Waals surface area contributed by atoms with Crippen molar-refractivity contribution in [3.05, 3.63) is 22.2 Å². The predicted octanol–water partition coefficient (Wildman–Crippen LogP) is 2.99. The van der Waals surface area contributed by atoms with Crippen LogP contribution in [0.3, 0.4) is 0 Å². The van der Waals surface area contributed by atoms with Crippen molar-refractivity contribution in [1.29, 1.82) is 0 Å². The Morgan fingerprint density at radius 3 is 2.08 bits per heavy atom. The van der Waals surface area contributed by atoms with E-state index in [1.54, 1.807) is 19.2 Å². The number of hydrogen-bond acceptors (Lipinski definition) is 7. The highest BCUT2D eigenvalue weighted by Crippen LogP contribution is 2.51. The lowest BCUT2D eigenvalue weighted by Gasteiger charge is -2.22. The summed E-state index contributed by atoms with van der Waals surface area (Å²) in [6.45, 7) is 0. The summed E-state index contributed by atoms with van der Waals surface area (Å²) in [5.74, 6) is 1.49. The van der Waals surface area contributed by atoms with E-state index in [4.69, 9.17) is 23.7 Å². The molecule has 0 aromatic heterocycles. The van der Waals surface area contributed by atoms with E-state index < -0.39 is 18.2 Å². The maximum absolute atomic E-state index is 11.6. The Bertz CT molecular complexity index is 865. The molecule has 2 aromatic carbocycles. The molecule has 0 unspecified atom stereocenters. The van der Waals surface area contributed by atoms with Crippen LogP contribution in [0.15, 0.2) is 16.6 Å². The summed E-state index contributed by atoms with van der Waals surface area (Å²) in [5, 5.41) is 11.5. The molecule has 7 nitrogen and oxygen atoms in total. The molecular weight excluding hydrogens is 408 g/mol. The number of cyclic esters (lactones) is 1. The molecule has 1 heterocycles. The number of aliphatic hydroxyl groups excluding tert-OH is 1. The molecule has 8 heteroatoms. The zero-order valence-electron chi connectivity index (χ0n) is 14.8. The number of aliphatic hydroxyl groups is 1. The topological polar surface area (TPSA) is 83.5 Å². The fourth-order valence-electron chi connectivity index (χ4n) is 3.26. The number of halogens is 1. The zero-order chi connectivity index (χ0) is 19.0. The largest absolute Gasteiger partial charge is 0.496 e. The van der Waals surface area contributed by atoms with Gasteiger partial charge in [0.25, 0.3) is 0 Å². The normalized spacial score (nSPS) is 19.4. The molecule has 2 aromatic rings. The molecule has 1 N–H and O–H groups in total. The van der Waals surface area contributed by atoms with Crippen molar-refractivity contribution in [2.45, 2.75) is 18.6 Å². The molecule has 3 rings (SSSR count). The summed E-state index contributed by atoms with van der Waals surface area (Å²) >= 11 is 3.47. The van der Waals surface area contributed by atoms with Crippen LogP contribution in [-0.4, -0.2) is 45.6 Å². The molecular formula is C18H19BrO7. The van der Waals surface area contributed by atoms with Crippen molar-refractivity contribution in [2.24, 2.45) is 0 Å². The average Bonchev–Trinajstić information content (AvgIpc) is 2.97. The Hall–Kier alpha value is -2.19. The van der Waals surface area contributed by atoms with Gasteiger partial charge in [-0.3, -0.25) is 4.79 Å². The number of ether oxygens (including phenoxy) is 5. The number of methoxy groups -OCH3 is 4. The van der Waals surface area contributed by atoms with E-state index in [-0.39, 0.29) is 6.42 Å². The first kappa shape index (κ1) is 18.6. The van der Waals surface area contributed by atoms with Gasteiger partial charge in [0.15, 0.2) is 6.10 Å². The highest BCUT2D eigenvalue weighted by molar-refractivity contribution is 9.10. The highest BCUT2D eigenvalue weighted by atomic mass is 79.9. The Balaban J connectivity index is 2.42. The van der Waals surface area contributed by atoms with E-state index in [2.05, 4.69) is 15.9 Å². The molecule has 0 spiro atoms. The molecule has 1 fully saturated rings. The monoisotopic (exact) mass is 426 g/mol. The average molecular weight is 427 g/mol. The van der Waals surface area contributed by atoms with Crippen molar-refractivity contribution >= 4 is 32.7 Å². The molecule has 2 atom stereocenters. The summed E-state index contributed by atoms with van der Waals surface area (Å²) < 4.78 is 28.2. The van der Waals surface area contributed by atoms with E-state index >= 15 is 0 Å². The maximum atomic E-state index is 11.6. The third-order valence-electron chi connectivity index (χ3n) is 4.36. The number of hydrogen-bond donors (Lipinski definition) is 1. The quantitative estimate of drug-likeness (QED) is 0.735. The second-order valence-electron chi connectivity index (χ2n) is 5.73. The van der Waals surface area contributed by atoms with Gasteiger partial charge in [0, 0.05) is 5.56 Å². The lowest BCUT2D eigenvalue weighted by atomic mass is 9.96. The van der Waals surface area contributed by atoms with E-state index in [0.717, 1.165) is 0 Å². The summed E-state index contributed by atoms with van der Waals surface area (Å²) in [7, 11) is 6.11. The summed E-state index contributed by atoms with van der Waals surface area (Å²) in [4.78, 5) is 11.6. The minimum absolute atomic E-state index is 0.0744. The molecule has 0 saturated carbocycles. The van der Waals surface area contributed by atoms with E-state index in [9.17, 15) is 9.90 Å². The van der Waals surface area contributed by atoms with Crippen molar-refractivity contribution in [1.82, 2.24) is 0 Å². The van der Waals surface area contributed by atoms with Crippen LogP contribution >= 0.6 is 15.9 Å². The second kappa shape index (κ2) is 7.20. The Morgan fingerprint density at radius 1 is 1.00 bits per heavy atom. The van der Waals surface area contributed by atoms with Gasteiger partial charge in [-0.2, -0.15) is 0 Å². The molecule has 1 aliphatic rings. The van der Waals surface area contributed by atoms with Crippen LogP contribution in [0, 0.1) is 0 Å². The van der Waals surface area contributed by atoms with Crippen molar-refractivity contribution in [3.63, 3.8) is 0 Å². The Kier molecular flexibility index (Phi) is 5.15. The minimum Gasteiger partial charge on any atom is -0.496 e. The van der Waals surface area contributed by atoms with Gasteiger partial charge in [-0.25, -0.2) is 0 Å². The van der Waals surface area contributed by atoms with Crippen LogP contribution in [-0.2, 0) is 9.53 Å². The minimum atomic E-state index is -0.970. The molecule has 0 bridgehead atoms. The van der Waals surface area contributed by atoms with Gasteiger partial charge in [-0.05, 0) is 28.1 Å². The number of esters is 1. The standard InChI is InChI=1S/C18H19BrO7/c1-22-11-5-8(16-10(20)7-13(21)26-16)17(24-3)14-12(23-2)6-9(19)18(25-4)15(11)14/h5-6,10,16,20H,7H2,1-4H3/t10-,16-/m1/s1. The smallest absolute Gasteiger partial charge is 0.309 e. The predicted molar refractivity (Wildman–Crippen MR) is 97.3 cm³/mol. The van der Waals surface area contributed by atoms with E-state index in [1.165, 1.54) is 21.3 Å². The van der Waals surface area contributed by atoms with Crippen LogP contribution in [0.1, 0.15) is 18.1 Å². The molecule has 0 amide bonds. The van der Waals surface area contributed by atoms with Crippen molar-refractivity contribution in [2.75, 3.05) is 28.4 Å². The fourth-order valence-corrected chi connectivity index (χ4v) is 3.83. The number of benzene rings is 2. The summed E-state index contributed by atoms with van der Waals surface area (Å²) in [6.07, 6.45) is -1.90. The van der Waals surface area contributed by atoms with Gasteiger partial charge in [0.1, 0.15) is 29.1 Å². The first-order valence-electron chi connectivity index (χ1n) is 7.83. The number of carbonyl (C=O) groups is 1. The van der Waals surface area contributed by atoms with E-state index in [1.807, 2.05) is 0 Å². The molecule has 0 radical (unpaired) electrons. The van der Waals surface area contributed by atoms with Gasteiger partial charge >= 0.3 is 5.97 Å². The molecule has 0 aliphatic carbocycles.